The molecular formula is C15H25N3O3. The summed E-state index contributed by atoms with van der Waals surface area (Å²) in [7, 11) is 1.64. The first-order valence-electron chi connectivity index (χ1n) is 7.50. The van der Waals surface area contributed by atoms with Crippen LogP contribution in [0.5, 0.6) is 0 Å². The highest BCUT2D eigenvalue weighted by Gasteiger charge is 2.13. The van der Waals surface area contributed by atoms with Crippen molar-refractivity contribution in [2.24, 2.45) is 0 Å². The van der Waals surface area contributed by atoms with Crippen molar-refractivity contribution in [1.29, 1.82) is 0 Å². The van der Waals surface area contributed by atoms with Gasteiger partial charge in [0.1, 0.15) is 5.76 Å². The van der Waals surface area contributed by atoms with Gasteiger partial charge in [-0.3, -0.25) is 9.59 Å². The van der Waals surface area contributed by atoms with Gasteiger partial charge in [-0.15, -0.1) is 0 Å². The van der Waals surface area contributed by atoms with E-state index in [0.717, 1.165) is 12.8 Å². The highest BCUT2D eigenvalue weighted by Crippen LogP contribution is 2.08. The lowest BCUT2D eigenvalue weighted by Gasteiger charge is -2.16. The maximum atomic E-state index is 11.9. The number of unbranched alkanes of at least 4 members (excludes halogenated alkanes) is 4. The van der Waals surface area contributed by atoms with Crippen molar-refractivity contribution >= 4 is 17.6 Å². The maximum Gasteiger partial charge on any atom is 0.245 e. The first-order chi connectivity index (χ1) is 10.0. The molecule has 0 bridgehead atoms. The van der Waals surface area contributed by atoms with E-state index in [2.05, 4.69) is 17.4 Å². The van der Waals surface area contributed by atoms with E-state index >= 15 is 0 Å². The fourth-order valence-electron chi connectivity index (χ4n) is 1.98. The number of nitrogens with one attached hydrogen (secondary N) is 1. The number of carbonyl (C=O) groups excluding carboxylic acids is 2. The summed E-state index contributed by atoms with van der Waals surface area (Å²) >= 11 is 0. The molecule has 1 aromatic rings. The molecular weight excluding hydrogens is 270 g/mol. The Labute approximate surface area is 125 Å². The summed E-state index contributed by atoms with van der Waals surface area (Å²) in [5.74, 6) is 0.725. The molecule has 1 aromatic heterocycles. The lowest BCUT2D eigenvalue weighted by atomic mass is 10.1. The molecule has 0 saturated heterocycles. The van der Waals surface area contributed by atoms with E-state index in [0.29, 0.717) is 18.0 Å². The van der Waals surface area contributed by atoms with Crippen LogP contribution in [0.2, 0.25) is 0 Å². The van der Waals surface area contributed by atoms with Crippen molar-refractivity contribution in [1.82, 2.24) is 10.1 Å². The highest BCUT2D eigenvalue weighted by molar-refractivity contribution is 5.93. The Balaban J connectivity index is 2.23. The van der Waals surface area contributed by atoms with Gasteiger partial charge in [0.15, 0.2) is 5.82 Å². The molecule has 0 unspecified atom stereocenters. The van der Waals surface area contributed by atoms with Gasteiger partial charge in [-0.25, -0.2) is 0 Å². The Hall–Kier alpha value is -1.85. The van der Waals surface area contributed by atoms with Crippen LogP contribution in [-0.4, -0.2) is 35.5 Å². The van der Waals surface area contributed by atoms with Crippen LogP contribution in [0.15, 0.2) is 10.6 Å². The second kappa shape index (κ2) is 9.15. The van der Waals surface area contributed by atoms with Gasteiger partial charge in [0.2, 0.25) is 11.8 Å². The molecule has 21 heavy (non-hydrogen) atoms. The summed E-state index contributed by atoms with van der Waals surface area (Å²) in [5.41, 5.74) is 0. The molecule has 0 aliphatic heterocycles. The normalized spacial score (nSPS) is 10.4. The van der Waals surface area contributed by atoms with E-state index in [1.807, 2.05) is 0 Å². The maximum absolute atomic E-state index is 11.9. The molecule has 0 radical (unpaired) electrons. The van der Waals surface area contributed by atoms with Crippen LogP contribution in [0.3, 0.4) is 0 Å². The number of nitrogens with zero attached hydrogens (tertiary/aromatic N) is 2. The molecule has 0 aliphatic rings. The summed E-state index contributed by atoms with van der Waals surface area (Å²) < 4.78 is 4.86. The number of rotatable bonds is 9. The Morgan fingerprint density at radius 1 is 1.29 bits per heavy atom. The van der Waals surface area contributed by atoms with E-state index < -0.39 is 0 Å². The summed E-state index contributed by atoms with van der Waals surface area (Å²) in [6.45, 7) is 3.93. The Kier molecular flexibility index (Phi) is 7.50. The number of hydrogen-bond donors (Lipinski definition) is 1. The van der Waals surface area contributed by atoms with Gasteiger partial charge in [0.05, 0.1) is 6.54 Å². The number of aryl methyl sites for hydroxylation is 1. The molecule has 0 spiro atoms. The summed E-state index contributed by atoms with van der Waals surface area (Å²) in [6, 6.07) is 1.63. The molecule has 6 heteroatoms. The molecule has 2 amide bonds. The van der Waals surface area contributed by atoms with Crippen LogP contribution in [-0.2, 0) is 9.59 Å². The van der Waals surface area contributed by atoms with Gasteiger partial charge < -0.3 is 14.7 Å². The molecule has 6 nitrogen and oxygen atoms in total. The molecule has 0 atom stereocenters. The van der Waals surface area contributed by atoms with Crippen molar-refractivity contribution in [3.05, 3.63) is 11.8 Å². The molecule has 1 heterocycles. The molecule has 118 valence electrons. The average Bonchev–Trinajstić information content (AvgIpc) is 2.83. The lowest BCUT2D eigenvalue weighted by molar-refractivity contribution is -0.133. The first-order valence-corrected chi connectivity index (χ1v) is 7.50. The zero-order valence-corrected chi connectivity index (χ0v) is 13.1. The third-order valence-corrected chi connectivity index (χ3v) is 3.20. The first kappa shape index (κ1) is 17.2. The Morgan fingerprint density at radius 3 is 2.62 bits per heavy atom. The van der Waals surface area contributed by atoms with E-state index in [9.17, 15) is 9.59 Å². The Morgan fingerprint density at radius 2 is 2.00 bits per heavy atom. The van der Waals surface area contributed by atoms with Crippen LogP contribution in [0.25, 0.3) is 0 Å². The van der Waals surface area contributed by atoms with Crippen molar-refractivity contribution in [3.8, 4) is 0 Å². The number of carbonyl (C=O) groups is 2. The quantitative estimate of drug-likeness (QED) is 0.711. The van der Waals surface area contributed by atoms with Crippen molar-refractivity contribution in [3.63, 3.8) is 0 Å². The average molecular weight is 295 g/mol. The number of hydrogen-bond acceptors (Lipinski definition) is 4. The van der Waals surface area contributed by atoms with Gasteiger partial charge in [-0.2, -0.15) is 0 Å². The molecule has 0 fully saturated rings. The second-order valence-electron chi connectivity index (χ2n) is 5.28. The molecule has 1 rings (SSSR count). The smallest absolute Gasteiger partial charge is 0.245 e. The summed E-state index contributed by atoms with van der Waals surface area (Å²) in [6.07, 6.45) is 6.01. The predicted molar refractivity (Wildman–Crippen MR) is 80.9 cm³/mol. The van der Waals surface area contributed by atoms with Gasteiger partial charge in [-0.1, -0.05) is 37.8 Å². The predicted octanol–water partition coefficient (Wildman–Crippen LogP) is 2.74. The van der Waals surface area contributed by atoms with Gasteiger partial charge in [0, 0.05) is 19.5 Å². The van der Waals surface area contributed by atoms with Gasteiger partial charge in [-0.05, 0) is 13.3 Å². The van der Waals surface area contributed by atoms with E-state index in [1.54, 1.807) is 20.0 Å². The van der Waals surface area contributed by atoms with E-state index in [-0.39, 0.29) is 18.4 Å². The highest BCUT2D eigenvalue weighted by atomic mass is 16.5. The van der Waals surface area contributed by atoms with Gasteiger partial charge in [0.25, 0.3) is 0 Å². The largest absolute Gasteiger partial charge is 0.360 e. The number of anilines is 1. The van der Waals surface area contributed by atoms with Crippen LogP contribution in [0.4, 0.5) is 5.82 Å². The van der Waals surface area contributed by atoms with Crippen molar-refractivity contribution < 1.29 is 14.1 Å². The van der Waals surface area contributed by atoms with Crippen LogP contribution >= 0.6 is 0 Å². The summed E-state index contributed by atoms with van der Waals surface area (Å²) in [5, 5.41) is 6.27. The molecule has 0 aliphatic carbocycles. The monoisotopic (exact) mass is 295 g/mol. The topological polar surface area (TPSA) is 75.4 Å². The SMILES string of the molecule is CCCCCCCC(=O)N(C)CC(=O)Nc1cc(C)on1. The lowest BCUT2D eigenvalue weighted by Crippen LogP contribution is -2.34. The van der Waals surface area contributed by atoms with Gasteiger partial charge >= 0.3 is 0 Å². The second-order valence-corrected chi connectivity index (χ2v) is 5.28. The minimum atomic E-state index is -0.273. The van der Waals surface area contributed by atoms with Crippen molar-refractivity contribution in [2.75, 3.05) is 18.9 Å². The standard InChI is InChI=1S/C15H25N3O3/c1-4-5-6-7-8-9-15(20)18(3)11-14(19)16-13-10-12(2)21-17-13/h10H,4-9,11H2,1-3H3,(H,16,17,19). The van der Waals surface area contributed by atoms with Crippen LogP contribution in [0, 0.1) is 6.92 Å². The Bertz CT molecular complexity index is 457. The number of amides is 2. The summed E-state index contributed by atoms with van der Waals surface area (Å²) in [4.78, 5) is 25.1. The van der Waals surface area contributed by atoms with Crippen molar-refractivity contribution in [2.45, 2.75) is 52.4 Å². The van der Waals surface area contributed by atoms with Crippen LogP contribution < -0.4 is 5.32 Å². The molecule has 0 aromatic carbocycles. The fourth-order valence-corrected chi connectivity index (χ4v) is 1.98. The third-order valence-electron chi connectivity index (χ3n) is 3.20. The number of aromatic nitrogens is 1. The zero-order valence-electron chi connectivity index (χ0n) is 13.1. The molecule has 0 saturated carbocycles. The molecule has 1 N–H and O–H groups in total. The number of likely N-dealkylation sites (N-methyl/N-ethyl adjacent to an activating group) is 1. The van der Waals surface area contributed by atoms with E-state index in [1.165, 1.54) is 24.2 Å². The minimum Gasteiger partial charge on any atom is -0.360 e. The zero-order chi connectivity index (χ0) is 15.7. The minimum absolute atomic E-state index is 0.00187. The fraction of sp³-hybridized carbons (Fsp3) is 0.667. The van der Waals surface area contributed by atoms with E-state index in [4.69, 9.17) is 4.52 Å². The van der Waals surface area contributed by atoms with Crippen LogP contribution in [0.1, 0.15) is 51.2 Å². The third kappa shape index (κ3) is 6.92.